The van der Waals surface area contributed by atoms with Gasteiger partial charge in [-0.2, -0.15) is 11.8 Å². The highest BCUT2D eigenvalue weighted by atomic mass is 32.2. The molecule has 11 amide bonds. The van der Waals surface area contributed by atoms with Crippen LogP contribution >= 0.6 is 11.8 Å². The van der Waals surface area contributed by atoms with Crippen LogP contribution in [0.5, 0.6) is 0 Å². The van der Waals surface area contributed by atoms with Crippen molar-refractivity contribution in [2.24, 2.45) is 17.2 Å². The van der Waals surface area contributed by atoms with Gasteiger partial charge in [0, 0.05) is 78.7 Å². The van der Waals surface area contributed by atoms with Crippen LogP contribution in [-0.4, -0.2) is 157 Å². The number of aliphatic hydroxyl groups excluding tert-OH is 1. The lowest BCUT2D eigenvalue weighted by Gasteiger charge is -2.27. The average Bonchev–Trinajstić information content (AvgIpc) is 4.42. The number of aliphatic hydroxyl groups is 1. The molecule has 0 bridgehead atoms. The SMILES string of the molecule is CSCC[C@H](NC(=O)[C@H](Cc1c[nH]c2ccccc12)NC(=O)[C@H](Cc1cnc[nH]1)NC(=O)[C@H](CC(N)=O)NC(=O)[C@H](CO)NC(=O)[C@H](Cc1ccccc1)NC(C)=O)C(=O)N[C@@H](CC(N)=O)C(=O)N[C@@H](Cc1c[nH]c2ccccc12)C(N)=O. The Kier molecular flexibility index (Phi) is 22.9. The molecule has 6 aromatic rings. The first-order chi connectivity index (χ1) is 39.7. The van der Waals surface area contributed by atoms with Gasteiger partial charge in [0.2, 0.25) is 65.0 Å². The summed E-state index contributed by atoms with van der Waals surface area (Å²) in [6.45, 7) is 0.187. The molecule has 0 saturated carbocycles. The lowest BCUT2D eigenvalue weighted by molar-refractivity contribution is -0.136. The Hall–Kier alpha value is -9.57. The highest BCUT2D eigenvalue weighted by Crippen LogP contribution is 2.21. The maximum absolute atomic E-state index is 14.7. The zero-order valence-electron chi connectivity index (χ0n) is 45.3. The van der Waals surface area contributed by atoms with Crippen molar-refractivity contribution in [1.82, 2.24) is 62.5 Å². The van der Waals surface area contributed by atoms with E-state index in [4.69, 9.17) is 17.2 Å². The molecule has 3 aromatic heterocycles. The number of hydrogen-bond acceptors (Lipinski definition) is 14. The van der Waals surface area contributed by atoms with Crippen LogP contribution in [0.1, 0.15) is 48.6 Å². The third kappa shape index (κ3) is 18.5. The lowest BCUT2D eigenvalue weighted by atomic mass is 10.0. The Morgan fingerprint density at radius 1 is 0.506 bits per heavy atom. The lowest BCUT2D eigenvalue weighted by Crippen LogP contribution is -2.61. The van der Waals surface area contributed by atoms with Gasteiger partial charge in [-0.05, 0) is 47.3 Å². The topological polar surface area (TPSA) is 443 Å². The Bertz CT molecular complexity index is 3280. The monoisotopic (exact) mass is 1160 g/mol. The van der Waals surface area contributed by atoms with Gasteiger partial charge in [-0.15, -0.1) is 0 Å². The van der Waals surface area contributed by atoms with Crippen LogP contribution in [0.4, 0.5) is 0 Å². The Labute approximate surface area is 479 Å². The molecular weight excluding hydrogens is 1090 g/mol. The summed E-state index contributed by atoms with van der Waals surface area (Å²) in [5.41, 5.74) is 20.4. The number of carbonyl (C=O) groups excluding carboxylic acids is 11. The molecule has 0 radical (unpaired) electrons. The fraction of sp³-hybridized carbons (Fsp3) is 0.345. The second-order valence-electron chi connectivity index (χ2n) is 19.5. The van der Waals surface area contributed by atoms with Gasteiger partial charge in [-0.3, -0.25) is 52.7 Å². The van der Waals surface area contributed by atoms with Crippen LogP contribution in [0.25, 0.3) is 21.8 Å². The quantitative estimate of drug-likeness (QED) is 0.0208. The summed E-state index contributed by atoms with van der Waals surface area (Å²) in [5, 5.41) is 31.8. The molecule has 0 saturated heterocycles. The summed E-state index contributed by atoms with van der Waals surface area (Å²) in [6.07, 6.45) is 5.47. The van der Waals surface area contributed by atoms with Gasteiger partial charge in [0.15, 0.2) is 0 Å². The summed E-state index contributed by atoms with van der Waals surface area (Å²) in [5.74, 6) is -10.2. The molecule has 0 aliphatic carbocycles. The second-order valence-corrected chi connectivity index (χ2v) is 20.5. The van der Waals surface area contributed by atoms with Crippen molar-refractivity contribution in [3.8, 4) is 0 Å². The third-order valence-electron chi connectivity index (χ3n) is 13.2. The molecule has 0 unspecified atom stereocenters. The van der Waals surface area contributed by atoms with Crippen LogP contribution < -0.4 is 59.7 Å². The number of hydrogen-bond donors (Lipinski definition) is 15. The van der Waals surface area contributed by atoms with E-state index in [9.17, 15) is 57.8 Å². The summed E-state index contributed by atoms with van der Waals surface area (Å²) in [4.78, 5) is 162. The van der Waals surface area contributed by atoms with Crippen LogP contribution in [0, 0.1) is 0 Å². The molecule has 3 heterocycles. The molecule has 83 heavy (non-hydrogen) atoms. The number of H-pyrrole nitrogens is 3. The molecular formula is C55H67N15O12S. The van der Waals surface area contributed by atoms with E-state index < -0.39 is 133 Å². The molecule has 0 aliphatic heterocycles. The van der Waals surface area contributed by atoms with Crippen molar-refractivity contribution in [3.05, 3.63) is 126 Å². The molecule has 3 aromatic carbocycles. The number of nitrogens with zero attached hydrogens (tertiary/aromatic N) is 1. The van der Waals surface area contributed by atoms with Gasteiger partial charge in [-0.25, -0.2) is 4.98 Å². The fourth-order valence-corrected chi connectivity index (χ4v) is 9.50. The minimum atomic E-state index is -1.82. The largest absolute Gasteiger partial charge is 0.394 e. The van der Waals surface area contributed by atoms with Gasteiger partial charge in [0.05, 0.1) is 25.8 Å². The number of benzene rings is 3. The van der Waals surface area contributed by atoms with Gasteiger partial charge < -0.3 is 79.8 Å². The number of rotatable bonds is 32. The smallest absolute Gasteiger partial charge is 0.245 e. The number of aromatic nitrogens is 4. The van der Waals surface area contributed by atoms with Crippen molar-refractivity contribution in [2.45, 2.75) is 100 Å². The Balaban J connectivity index is 1.23. The van der Waals surface area contributed by atoms with E-state index in [0.717, 1.165) is 10.9 Å². The number of amides is 11. The van der Waals surface area contributed by atoms with Gasteiger partial charge in [0.1, 0.15) is 48.3 Å². The molecule has 27 nitrogen and oxygen atoms in total. The van der Waals surface area contributed by atoms with Crippen molar-refractivity contribution in [1.29, 1.82) is 0 Å². The van der Waals surface area contributed by atoms with E-state index in [0.29, 0.717) is 33.3 Å². The Morgan fingerprint density at radius 3 is 1.41 bits per heavy atom. The molecule has 0 fully saturated rings. The van der Waals surface area contributed by atoms with Crippen LogP contribution in [0.3, 0.4) is 0 Å². The maximum Gasteiger partial charge on any atom is 0.245 e. The van der Waals surface area contributed by atoms with Crippen LogP contribution in [0.15, 0.2) is 104 Å². The fourth-order valence-electron chi connectivity index (χ4n) is 9.03. The van der Waals surface area contributed by atoms with E-state index >= 15 is 0 Å². The number of para-hydroxylation sites is 2. The number of fused-ring (bicyclic) bond motifs is 2. The van der Waals surface area contributed by atoms with Crippen LogP contribution in [-0.2, 0) is 78.4 Å². The van der Waals surface area contributed by atoms with E-state index in [-0.39, 0.29) is 37.9 Å². The highest BCUT2D eigenvalue weighted by molar-refractivity contribution is 7.98. The summed E-state index contributed by atoms with van der Waals surface area (Å²) >= 11 is 1.32. The van der Waals surface area contributed by atoms with E-state index in [1.165, 1.54) is 31.2 Å². The Morgan fingerprint density at radius 2 is 0.928 bits per heavy atom. The van der Waals surface area contributed by atoms with Gasteiger partial charge in [0.25, 0.3) is 0 Å². The number of nitrogens with one attached hydrogen (secondary N) is 11. The normalized spacial score (nSPS) is 14.0. The number of imidazole rings is 1. The first-order valence-electron chi connectivity index (χ1n) is 26.2. The van der Waals surface area contributed by atoms with Crippen molar-refractivity contribution < 1.29 is 57.8 Å². The number of aromatic amines is 3. The standard InChI is InChI=1S/C55H67N15O12S/c1-29(72)63-40(18-30-10-4-3-5-11-30)50(77)70-45(27-71)55(82)69-44(23-47(57)74)54(81)67-42(21-33-26-59-28-62-33)52(79)66-41(20-32-25-61-37-15-9-7-13-35(32)37)51(78)64-38(16-17-83-2)49(76)68-43(22-46(56)73)53(80)65-39(48(58)75)19-31-24-60-36-14-8-6-12-34(31)36/h3-15,24-26,28,38-45,60-61,71H,16-23,27H2,1-2H3,(H2,56,73)(H2,57,74)(H2,58,75)(H,59,62)(H,63,72)(H,64,78)(H,65,80)(H,66,79)(H,67,81)(H,68,76)(H,69,82)(H,70,77)/t38-,39-,40-,41-,42-,43-,44-,45-/m0/s1. The number of carbonyl (C=O) groups is 11. The first-order valence-corrected chi connectivity index (χ1v) is 27.6. The third-order valence-corrected chi connectivity index (χ3v) is 13.9. The summed E-state index contributed by atoms with van der Waals surface area (Å²) < 4.78 is 0. The predicted octanol–water partition coefficient (Wildman–Crippen LogP) is -2.48. The van der Waals surface area contributed by atoms with Crippen LogP contribution in [0.2, 0.25) is 0 Å². The molecule has 0 spiro atoms. The minimum absolute atomic E-state index is 0.00528. The number of thioether (sulfide) groups is 1. The molecule has 28 heteroatoms. The van der Waals surface area contributed by atoms with Gasteiger partial charge >= 0.3 is 0 Å². The zero-order valence-corrected chi connectivity index (χ0v) is 46.1. The van der Waals surface area contributed by atoms with Crippen molar-refractivity contribution >= 4 is 98.5 Å². The molecule has 440 valence electrons. The highest BCUT2D eigenvalue weighted by Gasteiger charge is 2.36. The van der Waals surface area contributed by atoms with Gasteiger partial charge in [-0.1, -0.05) is 66.7 Å². The van der Waals surface area contributed by atoms with Crippen molar-refractivity contribution in [3.63, 3.8) is 0 Å². The van der Waals surface area contributed by atoms with E-state index in [2.05, 4.69) is 62.5 Å². The summed E-state index contributed by atoms with van der Waals surface area (Å²) in [6, 6.07) is 10.7. The molecule has 6 rings (SSSR count). The molecule has 18 N–H and O–H groups in total. The predicted molar refractivity (Wildman–Crippen MR) is 304 cm³/mol. The average molecular weight is 1160 g/mol. The summed E-state index contributed by atoms with van der Waals surface area (Å²) in [7, 11) is 0. The maximum atomic E-state index is 14.7. The number of primary amides is 3. The first kappa shape index (κ1) is 62.6. The molecule has 0 aliphatic rings. The minimum Gasteiger partial charge on any atom is -0.394 e. The zero-order chi connectivity index (χ0) is 60.2. The molecule has 8 atom stereocenters. The number of nitrogens with two attached hydrogens (primary N) is 3. The second kappa shape index (κ2) is 30.3. The van der Waals surface area contributed by atoms with Crippen molar-refractivity contribution in [2.75, 3.05) is 18.6 Å². The van der Waals surface area contributed by atoms with E-state index in [1.54, 1.807) is 79.3 Å². The van der Waals surface area contributed by atoms with E-state index in [1.807, 2.05) is 18.2 Å².